The van der Waals surface area contributed by atoms with Gasteiger partial charge < -0.3 is 10.2 Å². The average Bonchev–Trinajstić information content (AvgIpc) is 3.16. The van der Waals surface area contributed by atoms with Gasteiger partial charge in [0.25, 0.3) is 0 Å². The Kier molecular flexibility index (Phi) is 7.74. The molecule has 186 valence electrons. The lowest BCUT2D eigenvalue weighted by Gasteiger charge is -2.31. The number of nitrogens with zero attached hydrogens (tertiary/aromatic N) is 4. The van der Waals surface area contributed by atoms with Crippen LogP contribution in [0.2, 0.25) is 0 Å². The molecule has 1 aliphatic heterocycles. The summed E-state index contributed by atoms with van der Waals surface area (Å²) in [6.45, 7) is 6.13. The molecule has 2 heterocycles. The highest BCUT2D eigenvalue weighted by Gasteiger charge is 2.24. The molecular weight excluding hydrogens is 446 g/mol. The Morgan fingerprint density at radius 1 is 0.833 bits per heavy atom. The van der Waals surface area contributed by atoms with Crippen LogP contribution in [-0.2, 0) is 7.05 Å². The first kappa shape index (κ1) is 24.2. The van der Waals surface area contributed by atoms with E-state index in [0.29, 0.717) is 5.82 Å². The zero-order chi connectivity index (χ0) is 24.7. The number of aromatic nitrogens is 2. The summed E-state index contributed by atoms with van der Waals surface area (Å²) in [6.07, 6.45) is 2.16. The number of anilines is 1. The van der Waals surface area contributed by atoms with Crippen molar-refractivity contribution in [3.8, 4) is 0 Å². The van der Waals surface area contributed by atoms with Gasteiger partial charge in [-0.2, -0.15) is 4.98 Å². The van der Waals surface area contributed by atoms with Crippen molar-refractivity contribution in [2.75, 3.05) is 44.6 Å². The zero-order valence-electron chi connectivity index (χ0n) is 21.0. The van der Waals surface area contributed by atoms with Gasteiger partial charge in [-0.05, 0) is 49.2 Å². The first-order valence-electron chi connectivity index (χ1n) is 13.0. The van der Waals surface area contributed by atoms with Crippen LogP contribution in [-0.4, -0.2) is 58.6 Å². The first-order valence-corrected chi connectivity index (χ1v) is 13.0. The lowest BCUT2D eigenvalue weighted by molar-refractivity contribution is 0.223. The van der Waals surface area contributed by atoms with Crippen molar-refractivity contribution in [2.45, 2.75) is 18.9 Å². The molecule has 4 aromatic rings. The first-order chi connectivity index (χ1) is 17.7. The molecule has 0 saturated carbocycles. The molecule has 0 radical (unpaired) electrons. The van der Waals surface area contributed by atoms with Gasteiger partial charge in [-0.1, -0.05) is 72.8 Å². The molecule has 1 aliphatic rings. The van der Waals surface area contributed by atoms with E-state index in [-0.39, 0.29) is 11.7 Å². The molecule has 6 heteroatoms. The third-order valence-electron chi connectivity index (χ3n) is 7.18. The number of hydrogen-bond donors (Lipinski definition) is 1. The highest BCUT2D eigenvalue weighted by molar-refractivity contribution is 5.89. The van der Waals surface area contributed by atoms with Crippen LogP contribution in [0.25, 0.3) is 10.9 Å². The van der Waals surface area contributed by atoms with Crippen LogP contribution in [0.15, 0.2) is 89.7 Å². The standard InChI is InChI=1S/C30H35N5O/c1-33-27-17-9-8-16-26(27)29(32-30(33)36)31-18-10-19-34-20-11-21-35(23-22-34)28(24-12-4-2-5-13-24)25-14-6-3-7-15-25/h2-9,12-17,28H,10-11,18-23H2,1H3,(H,31,32,36). The summed E-state index contributed by atoms with van der Waals surface area (Å²) in [7, 11) is 1.77. The Labute approximate surface area is 213 Å². The lowest BCUT2D eigenvalue weighted by Crippen LogP contribution is -2.34. The van der Waals surface area contributed by atoms with Crippen LogP contribution in [0, 0.1) is 0 Å². The zero-order valence-corrected chi connectivity index (χ0v) is 21.0. The molecule has 0 unspecified atom stereocenters. The summed E-state index contributed by atoms with van der Waals surface area (Å²) in [5.41, 5.74) is 3.39. The molecule has 0 aliphatic carbocycles. The highest BCUT2D eigenvalue weighted by Crippen LogP contribution is 2.29. The third kappa shape index (κ3) is 5.50. The van der Waals surface area contributed by atoms with Crippen LogP contribution < -0.4 is 11.0 Å². The number of hydrogen-bond acceptors (Lipinski definition) is 5. The largest absolute Gasteiger partial charge is 0.369 e. The summed E-state index contributed by atoms with van der Waals surface area (Å²) in [4.78, 5) is 21.7. The third-order valence-corrected chi connectivity index (χ3v) is 7.18. The number of nitrogens with one attached hydrogen (secondary N) is 1. The van der Waals surface area contributed by atoms with E-state index in [9.17, 15) is 4.79 Å². The van der Waals surface area contributed by atoms with Gasteiger partial charge in [0.1, 0.15) is 5.82 Å². The Morgan fingerprint density at radius 2 is 1.50 bits per heavy atom. The molecule has 0 spiro atoms. The number of rotatable bonds is 8. The molecule has 36 heavy (non-hydrogen) atoms. The topological polar surface area (TPSA) is 53.4 Å². The molecule has 0 bridgehead atoms. The Morgan fingerprint density at radius 3 is 2.22 bits per heavy atom. The van der Waals surface area contributed by atoms with Crippen LogP contribution >= 0.6 is 0 Å². The number of benzene rings is 3. The van der Waals surface area contributed by atoms with Gasteiger partial charge in [-0.3, -0.25) is 9.47 Å². The smallest absolute Gasteiger partial charge is 0.349 e. The van der Waals surface area contributed by atoms with E-state index < -0.39 is 0 Å². The van der Waals surface area contributed by atoms with Gasteiger partial charge in [0.15, 0.2) is 0 Å². The van der Waals surface area contributed by atoms with E-state index in [2.05, 4.69) is 80.8 Å². The average molecular weight is 482 g/mol. The molecule has 1 N–H and O–H groups in total. The van der Waals surface area contributed by atoms with Crippen molar-refractivity contribution in [3.05, 3.63) is 107 Å². The molecule has 1 fully saturated rings. The van der Waals surface area contributed by atoms with E-state index in [1.807, 2.05) is 24.3 Å². The van der Waals surface area contributed by atoms with Gasteiger partial charge in [-0.25, -0.2) is 4.79 Å². The number of aryl methyl sites for hydroxylation is 1. The minimum atomic E-state index is -0.227. The van der Waals surface area contributed by atoms with Gasteiger partial charge in [0.2, 0.25) is 0 Å². The van der Waals surface area contributed by atoms with Crippen LogP contribution in [0.1, 0.15) is 30.0 Å². The molecule has 0 atom stereocenters. The summed E-state index contributed by atoms with van der Waals surface area (Å²) >= 11 is 0. The van der Waals surface area contributed by atoms with E-state index in [1.54, 1.807) is 11.6 Å². The quantitative estimate of drug-likeness (QED) is 0.375. The molecule has 3 aromatic carbocycles. The monoisotopic (exact) mass is 481 g/mol. The maximum absolute atomic E-state index is 12.3. The van der Waals surface area contributed by atoms with Crippen molar-refractivity contribution in [2.24, 2.45) is 7.05 Å². The second-order valence-electron chi connectivity index (χ2n) is 9.55. The van der Waals surface area contributed by atoms with E-state index in [0.717, 1.165) is 63.0 Å². The van der Waals surface area contributed by atoms with E-state index in [1.165, 1.54) is 11.1 Å². The Balaban J connectivity index is 1.19. The Hall–Kier alpha value is -3.48. The minimum absolute atomic E-state index is 0.227. The minimum Gasteiger partial charge on any atom is -0.369 e. The summed E-state index contributed by atoms with van der Waals surface area (Å²) in [5, 5.41) is 4.40. The van der Waals surface area contributed by atoms with Crippen LogP contribution in [0.4, 0.5) is 5.82 Å². The van der Waals surface area contributed by atoms with Crippen LogP contribution in [0.3, 0.4) is 0 Å². The van der Waals surface area contributed by atoms with Gasteiger partial charge in [0.05, 0.1) is 11.6 Å². The summed E-state index contributed by atoms with van der Waals surface area (Å²) in [6, 6.07) is 30.0. The second kappa shape index (κ2) is 11.5. The van der Waals surface area contributed by atoms with Gasteiger partial charge in [0, 0.05) is 38.6 Å². The fourth-order valence-electron chi connectivity index (χ4n) is 5.30. The SMILES string of the molecule is Cn1c(=O)nc(NCCCN2CCCN(C(c3ccccc3)c3ccccc3)CC2)c2ccccc21. The van der Waals surface area contributed by atoms with Gasteiger partial charge >= 0.3 is 5.69 Å². The van der Waals surface area contributed by atoms with Crippen molar-refractivity contribution in [1.82, 2.24) is 19.4 Å². The summed E-state index contributed by atoms with van der Waals surface area (Å²) < 4.78 is 1.60. The lowest BCUT2D eigenvalue weighted by atomic mass is 9.97. The summed E-state index contributed by atoms with van der Waals surface area (Å²) in [5.74, 6) is 0.685. The predicted octanol–water partition coefficient (Wildman–Crippen LogP) is 4.53. The molecular formula is C30H35N5O. The molecule has 0 amide bonds. The van der Waals surface area contributed by atoms with Crippen LogP contribution in [0.5, 0.6) is 0 Å². The molecule has 5 rings (SSSR count). The van der Waals surface area contributed by atoms with Gasteiger partial charge in [-0.15, -0.1) is 0 Å². The van der Waals surface area contributed by atoms with Crippen molar-refractivity contribution in [3.63, 3.8) is 0 Å². The maximum atomic E-state index is 12.3. The highest BCUT2D eigenvalue weighted by atomic mass is 16.1. The van der Waals surface area contributed by atoms with E-state index >= 15 is 0 Å². The predicted molar refractivity (Wildman–Crippen MR) is 147 cm³/mol. The Bertz CT molecular complexity index is 1280. The van der Waals surface area contributed by atoms with Crippen molar-refractivity contribution < 1.29 is 0 Å². The molecule has 1 saturated heterocycles. The molecule has 6 nitrogen and oxygen atoms in total. The maximum Gasteiger partial charge on any atom is 0.349 e. The number of para-hydroxylation sites is 1. The fourth-order valence-corrected chi connectivity index (χ4v) is 5.30. The number of fused-ring (bicyclic) bond motifs is 1. The normalized spacial score (nSPS) is 15.3. The second-order valence-corrected chi connectivity index (χ2v) is 9.55. The molecule has 1 aromatic heterocycles. The van der Waals surface area contributed by atoms with Crippen molar-refractivity contribution in [1.29, 1.82) is 0 Å². The fraction of sp³-hybridized carbons (Fsp3) is 0.333. The van der Waals surface area contributed by atoms with E-state index in [4.69, 9.17) is 0 Å². The van der Waals surface area contributed by atoms with Crippen molar-refractivity contribution >= 4 is 16.7 Å².